The third-order valence-electron chi connectivity index (χ3n) is 3.82. The molecule has 1 rings (SSSR count). The van der Waals surface area contributed by atoms with Crippen LogP contribution in [-0.4, -0.2) is 37.6 Å². The molecule has 25 heavy (non-hydrogen) atoms. The molecule has 1 atom stereocenters. The summed E-state index contributed by atoms with van der Waals surface area (Å²) in [5.74, 6) is -0.254. The quantitative estimate of drug-likeness (QED) is 0.372. The van der Waals surface area contributed by atoms with Gasteiger partial charge in [-0.3, -0.25) is 9.59 Å². The molecule has 0 saturated heterocycles. The number of rotatable bonds is 13. The first-order valence-corrected chi connectivity index (χ1v) is 9.08. The van der Waals surface area contributed by atoms with Gasteiger partial charge in [0.05, 0.1) is 12.6 Å². The van der Waals surface area contributed by atoms with Gasteiger partial charge >= 0.3 is 5.97 Å². The largest absolute Gasteiger partial charge is 0.466 e. The average Bonchev–Trinajstić information content (AvgIpc) is 2.62. The molecule has 1 amide bonds. The molecule has 6 nitrogen and oxygen atoms in total. The van der Waals surface area contributed by atoms with E-state index in [9.17, 15) is 9.59 Å². The van der Waals surface area contributed by atoms with Crippen molar-refractivity contribution in [1.82, 2.24) is 10.6 Å². The van der Waals surface area contributed by atoms with Crippen LogP contribution in [0.2, 0.25) is 0 Å². The first kappa shape index (κ1) is 21.1. The second kappa shape index (κ2) is 13.4. The van der Waals surface area contributed by atoms with Crippen LogP contribution in [0, 0.1) is 0 Å². The Hall–Kier alpha value is -1.92. The number of esters is 1. The van der Waals surface area contributed by atoms with Gasteiger partial charge in [0.2, 0.25) is 5.91 Å². The van der Waals surface area contributed by atoms with Crippen LogP contribution in [-0.2, 0) is 20.9 Å². The summed E-state index contributed by atoms with van der Waals surface area (Å²) in [5, 5.41) is 6.22. The standard InChI is InChI=1S/C19H31N3O3/c1-2-25-18(23)12-8-14-21-19(24)17(11-6-7-13-20)22-15-16-9-4-3-5-10-16/h3-5,9-10,17,22H,2,6-8,11-15,20H2,1H3,(H,21,24)/t17-/m0/s1. The number of carbonyl (C=O) groups is 2. The van der Waals surface area contributed by atoms with E-state index >= 15 is 0 Å². The molecule has 0 radical (unpaired) electrons. The highest BCUT2D eigenvalue weighted by molar-refractivity contribution is 5.81. The van der Waals surface area contributed by atoms with Crippen LogP contribution in [0.4, 0.5) is 0 Å². The molecule has 0 aliphatic carbocycles. The normalized spacial score (nSPS) is 11.8. The van der Waals surface area contributed by atoms with E-state index in [2.05, 4.69) is 10.6 Å². The van der Waals surface area contributed by atoms with Crippen molar-refractivity contribution in [2.75, 3.05) is 19.7 Å². The zero-order chi connectivity index (χ0) is 18.3. The van der Waals surface area contributed by atoms with Crippen LogP contribution in [0.1, 0.15) is 44.6 Å². The summed E-state index contributed by atoms with van der Waals surface area (Å²) < 4.78 is 4.87. The topological polar surface area (TPSA) is 93.5 Å². The fourth-order valence-electron chi connectivity index (χ4n) is 2.46. The van der Waals surface area contributed by atoms with E-state index in [1.807, 2.05) is 30.3 Å². The molecular weight excluding hydrogens is 318 g/mol. The maximum absolute atomic E-state index is 12.4. The Labute approximate surface area is 150 Å². The molecule has 1 aromatic carbocycles. The molecule has 4 N–H and O–H groups in total. The summed E-state index contributed by atoms with van der Waals surface area (Å²) in [7, 11) is 0. The van der Waals surface area contributed by atoms with Gasteiger partial charge in [-0.05, 0) is 38.3 Å². The van der Waals surface area contributed by atoms with Gasteiger partial charge in [-0.2, -0.15) is 0 Å². The molecule has 140 valence electrons. The minimum atomic E-state index is -0.255. The van der Waals surface area contributed by atoms with E-state index in [4.69, 9.17) is 10.5 Å². The number of nitrogens with one attached hydrogen (secondary N) is 2. The number of nitrogens with two attached hydrogens (primary N) is 1. The van der Waals surface area contributed by atoms with Gasteiger partial charge in [0.1, 0.15) is 0 Å². The van der Waals surface area contributed by atoms with Gasteiger partial charge in [0.25, 0.3) is 0 Å². The lowest BCUT2D eigenvalue weighted by Gasteiger charge is -2.18. The molecule has 0 heterocycles. The fraction of sp³-hybridized carbons (Fsp3) is 0.579. The number of hydrogen-bond acceptors (Lipinski definition) is 5. The highest BCUT2D eigenvalue weighted by Gasteiger charge is 2.17. The Kier molecular flexibility index (Phi) is 11.3. The van der Waals surface area contributed by atoms with E-state index in [0.29, 0.717) is 39.1 Å². The molecule has 0 aliphatic rings. The number of ether oxygens (including phenoxy) is 1. The number of amides is 1. The van der Waals surface area contributed by atoms with Crippen molar-refractivity contribution in [3.8, 4) is 0 Å². The van der Waals surface area contributed by atoms with Crippen molar-refractivity contribution in [3.63, 3.8) is 0 Å². The van der Waals surface area contributed by atoms with Crippen molar-refractivity contribution in [1.29, 1.82) is 0 Å². The maximum atomic E-state index is 12.4. The third kappa shape index (κ3) is 9.84. The van der Waals surface area contributed by atoms with Crippen molar-refractivity contribution in [2.24, 2.45) is 5.73 Å². The van der Waals surface area contributed by atoms with E-state index in [0.717, 1.165) is 24.8 Å². The van der Waals surface area contributed by atoms with E-state index < -0.39 is 0 Å². The van der Waals surface area contributed by atoms with Crippen LogP contribution in [0.5, 0.6) is 0 Å². The van der Waals surface area contributed by atoms with Gasteiger partial charge in [0.15, 0.2) is 0 Å². The molecular formula is C19H31N3O3. The van der Waals surface area contributed by atoms with Crippen molar-refractivity contribution in [2.45, 2.75) is 51.6 Å². The highest BCUT2D eigenvalue weighted by Crippen LogP contribution is 2.04. The Morgan fingerprint density at radius 2 is 1.92 bits per heavy atom. The Balaban J connectivity index is 2.39. The van der Waals surface area contributed by atoms with Gasteiger partial charge in [-0.1, -0.05) is 36.8 Å². The van der Waals surface area contributed by atoms with Gasteiger partial charge < -0.3 is 21.1 Å². The Morgan fingerprint density at radius 3 is 2.60 bits per heavy atom. The molecule has 0 bridgehead atoms. The van der Waals surface area contributed by atoms with E-state index in [1.165, 1.54) is 0 Å². The van der Waals surface area contributed by atoms with E-state index in [-0.39, 0.29) is 17.9 Å². The summed E-state index contributed by atoms with van der Waals surface area (Å²) in [5.41, 5.74) is 6.68. The SMILES string of the molecule is CCOC(=O)CCCNC(=O)[C@H](CCCCN)NCc1ccccc1. The third-order valence-corrected chi connectivity index (χ3v) is 3.82. The lowest BCUT2D eigenvalue weighted by atomic mass is 10.1. The number of carbonyl (C=O) groups excluding carboxylic acids is 2. The van der Waals surface area contributed by atoms with Crippen LogP contribution in [0.25, 0.3) is 0 Å². The average molecular weight is 349 g/mol. The minimum absolute atomic E-state index is 0.0307. The van der Waals surface area contributed by atoms with Crippen LogP contribution in [0.15, 0.2) is 30.3 Å². The zero-order valence-electron chi connectivity index (χ0n) is 15.1. The van der Waals surface area contributed by atoms with E-state index in [1.54, 1.807) is 6.92 Å². The predicted octanol–water partition coefficient (Wildman–Crippen LogP) is 1.73. The maximum Gasteiger partial charge on any atom is 0.305 e. The summed E-state index contributed by atoms with van der Waals surface area (Å²) >= 11 is 0. The van der Waals surface area contributed by atoms with Crippen LogP contribution < -0.4 is 16.4 Å². The van der Waals surface area contributed by atoms with Crippen molar-refractivity contribution in [3.05, 3.63) is 35.9 Å². The lowest BCUT2D eigenvalue weighted by molar-refractivity contribution is -0.143. The van der Waals surface area contributed by atoms with Gasteiger partial charge in [0, 0.05) is 19.5 Å². The Morgan fingerprint density at radius 1 is 1.16 bits per heavy atom. The van der Waals surface area contributed by atoms with Crippen molar-refractivity contribution < 1.29 is 14.3 Å². The molecule has 0 saturated carbocycles. The Bertz CT molecular complexity index is 494. The first-order chi connectivity index (χ1) is 12.2. The summed E-state index contributed by atoms with van der Waals surface area (Å²) in [4.78, 5) is 23.7. The second-order valence-corrected chi connectivity index (χ2v) is 5.90. The molecule has 6 heteroatoms. The molecule has 0 aromatic heterocycles. The molecule has 0 spiro atoms. The molecule has 0 aliphatic heterocycles. The first-order valence-electron chi connectivity index (χ1n) is 9.08. The lowest BCUT2D eigenvalue weighted by Crippen LogP contribution is -2.44. The number of benzene rings is 1. The second-order valence-electron chi connectivity index (χ2n) is 5.90. The summed E-state index contributed by atoms with van der Waals surface area (Å²) in [6, 6.07) is 9.74. The van der Waals surface area contributed by atoms with Gasteiger partial charge in [-0.25, -0.2) is 0 Å². The van der Waals surface area contributed by atoms with Gasteiger partial charge in [-0.15, -0.1) is 0 Å². The predicted molar refractivity (Wildman–Crippen MR) is 98.9 cm³/mol. The fourth-order valence-corrected chi connectivity index (χ4v) is 2.46. The summed E-state index contributed by atoms with van der Waals surface area (Å²) in [6.45, 7) is 3.91. The van der Waals surface area contributed by atoms with Crippen LogP contribution in [0.3, 0.4) is 0 Å². The molecule has 0 unspecified atom stereocenters. The molecule has 1 aromatic rings. The number of hydrogen-bond donors (Lipinski definition) is 3. The highest BCUT2D eigenvalue weighted by atomic mass is 16.5. The smallest absolute Gasteiger partial charge is 0.305 e. The van der Waals surface area contributed by atoms with Crippen LogP contribution >= 0.6 is 0 Å². The summed E-state index contributed by atoms with van der Waals surface area (Å²) in [6.07, 6.45) is 3.45. The molecule has 0 fully saturated rings. The minimum Gasteiger partial charge on any atom is -0.466 e. The zero-order valence-corrected chi connectivity index (χ0v) is 15.1. The van der Waals surface area contributed by atoms with Crippen molar-refractivity contribution >= 4 is 11.9 Å². The monoisotopic (exact) mass is 349 g/mol. The number of unbranched alkanes of at least 4 members (excludes halogenated alkanes) is 1.